The molecule has 0 unspecified atom stereocenters. The predicted molar refractivity (Wildman–Crippen MR) is 72.1 cm³/mol. The Bertz CT molecular complexity index is 776. The number of amides is 1. The van der Waals surface area contributed by atoms with Gasteiger partial charge in [-0.15, -0.1) is 0 Å². The normalized spacial score (nSPS) is 10.8. The van der Waals surface area contributed by atoms with Crippen LogP contribution in [0.5, 0.6) is 0 Å². The Morgan fingerprint density at radius 3 is 2.95 bits per heavy atom. The fraction of sp³-hybridized carbons (Fsp3) is 0.0714. The van der Waals surface area contributed by atoms with E-state index in [1.54, 1.807) is 29.2 Å². The molecule has 0 saturated heterocycles. The standard InChI is InChI=1S/C14H12N4O/c1-9-4-5-10(13(15)19)7-12(9)18-14-11(8-17-18)3-2-6-16-14/h2-8H,1H3,(H2,15,19). The molecule has 19 heavy (non-hydrogen) atoms. The van der Waals surface area contributed by atoms with E-state index in [2.05, 4.69) is 10.1 Å². The molecule has 1 amide bonds. The van der Waals surface area contributed by atoms with Crippen LogP contribution in [-0.4, -0.2) is 20.7 Å². The maximum Gasteiger partial charge on any atom is 0.248 e. The Hall–Kier alpha value is -2.69. The summed E-state index contributed by atoms with van der Waals surface area (Å²) in [7, 11) is 0. The molecule has 2 heterocycles. The monoisotopic (exact) mass is 252 g/mol. The van der Waals surface area contributed by atoms with Crippen LogP contribution >= 0.6 is 0 Å². The molecule has 1 aromatic carbocycles. The Balaban J connectivity index is 2.26. The number of hydrogen-bond acceptors (Lipinski definition) is 3. The number of carbonyl (C=O) groups is 1. The van der Waals surface area contributed by atoms with Crippen LogP contribution in [0.1, 0.15) is 15.9 Å². The Morgan fingerprint density at radius 2 is 2.16 bits per heavy atom. The third-order valence-corrected chi connectivity index (χ3v) is 3.05. The molecule has 2 aromatic heterocycles. The molecule has 0 spiro atoms. The average Bonchev–Trinajstić information content (AvgIpc) is 2.83. The van der Waals surface area contributed by atoms with E-state index < -0.39 is 5.91 Å². The molecule has 0 saturated carbocycles. The molecular weight excluding hydrogens is 240 g/mol. The van der Waals surface area contributed by atoms with Crippen LogP contribution in [0.3, 0.4) is 0 Å². The minimum absolute atomic E-state index is 0.453. The van der Waals surface area contributed by atoms with Gasteiger partial charge in [0.25, 0.3) is 0 Å². The summed E-state index contributed by atoms with van der Waals surface area (Å²) in [5.41, 5.74) is 8.34. The Labute approximate surface area is 109 Å². The van der Waals surface area contributed by atoms with Gasteiger partial charge in [0.1, 0.15) is 0 Å². The van der Waals surface area contributed by atoms with Crippen molar-refractivity contribution in [3.8, 4) is 5.69 Å². The lowest BCUT2D eigenvalue weighted by Crippen LogP contribution is -2.12. The highest BCUT2D eigenvalue weighted by Gasteiger charge is 2.10. The first-order valence-corrected chi connectivity index (χ1v) is 5.86. The van der Waals surface area contributed by atoms with Gasteiger partial charge in [-0.05, 0) is 36.8 Å². The first-order valence-electron chi connectivity index (χ1n) is 5.86. The fourth-order valence-corrected chi connectivity index (χ4v) is 2.03. The summed E-state index contributed by atoms with van der Waals surface area (Å²) in [6.07, 6.45) is 3.46. The van der Waals surface area contributed by atoms with Crippen molar-refractivity contribution in [1.29, 1.82) is 0 Å². The van der Waals surface area contributed by atoms with Crippen LogP contribution in [0.25, 0.3) is 16.7 Å². The zero-order chi connectivity index (χ0) is 13.4. The van der Waals surface area contributed by atoms with Gasteiger partial charge in [-0.25, -0.2) is 9.67 Å². The molecule has 0 bridgehead atoms. The summed E-state index contributed by atoms with van der Waals surface area (Å²) >= 11 is 0. The first-order chi connectivity index (χ1) is 9.16. The van der Waals surface area contributed by atoms with Gasteiger partial charge in [0, 0.05) is 17.1 Å². The van der Waals surface area contributed by atoms with Crippen molar-refractivity contribution in [2.75, 3.05) is 0 Å². The summed E-state index contributed by atoms with van der Waals surface area (Å²) < 4.78 is 1.72. The molecule has 5 heteroatoms. The lowest BCUT2D eigenvalue weighted by atomic mass is 10.1. The number of nitrogens with zero attached hydrogens (tertiary/aromatic N) is 3. The highest BCUT2D eigenvalue weighted by Crippen LogP contribution is 2.20. The number of rotatable bonds is 2. The molecule has 0 atom stereocenters. The van der Waals surface area contributed by atoms with Crippen molar-refractivity contribution in [1.82, 2.24) is 14.8 Å². The highest BCUT2D eigenvalue weighted by atomic mass is 16.1. The Kier molecular flexibility index (Phi) is 2.52. The van der Waals surface area contributed by atoms with E-state index in [1.165, 1.54) is 0 Å². The van der Waals surface area contributed by atoms with E-state index >= 15 is 0 Å². The summed E-state index contributed by atoms with van der Waals surface area (Å²) in [4.78, 5) is 15.6. The number of carbonyl (C=O) groups excluding carboxylic acids is 1. The van der Waals surface area contributed by atoms with Crippen LogP contribution in [-0.2, 0) is 0 Å². The third kappa shape index (κ3) is 1.85. The van der Waals surface area contributed by atoms with Crippen LogP contribution in [0.15, 0.2) is 42.7 Å². The summed E-state index contributed by atoms with van der Waals surface area (Å²) in [5.74, 6) is -0.453. The maximum absolute atomic E-state index is 11.3. The van der Waals surface area contributed by atoms with Crippen LogP contribution in [0.2, 0.25) is 0 Å². The summed E-state index contributed by atoms with van der Waals surface area (Å²) in [5, 5.41) is 5.28. The number of nitrogens with two attached hydrogens (primary N) is 1. The van der Waals surface area contributed by atoms with Crippen molar-refractivity contribution in [3.05, 3.63) is 53.9 Å². The number of benzene rings is 1. The zero-order valence-electron chi connectivity index (χ0n) is 10.4. The molecule has 3 rings (SSSR count). The topological polar surface area (TPSA) is 73.8 Å². The van der Waals surface area contributed by atoms with Gasteiger partial charge >= 0.3 is 0 Å². The number of pyridine rings is 1. The van der Waals surface area contributed by atoms with E-state index in [0.29, 0.717) is 5.56 Å². The number of fused-ring (bicyclic) bond motifs is 1. The van der Waals surface area contributed by atoms with Crippen molar-refractivity contribution >= 4 is 16.9 Å². The van der Waals surface area contributed by atoms with Crippen molar-refractivity contribution in [2.45, 2.75) is 6.92 Å². The molecule has 0 aliphatic heterocycles. The van der Waals surface area contributed by atoms with E-state index in [9.17, 15) is 4.79 Å². The SMILES string of the molecule is Cc1ccc(C(N)=O)cc1-n1ncc2cccnc21. The van der Waals surface area contributed by atoms with Crippen LogP contribution in [0, 0.1) is 6.92 Å². The summed E-state index contributed by atoms with van der Waals surface area (Å²) in [6, 6.07) is 9.10. The van der Waals surface area contributed by atoms with E-state index in [0.717, 1.165) is 22.3 Å². The van der Waals surface area contributed by atoms with Crippen molar-refractivity contribution in [2.24, 2.45) is 5.73 Å². The molecule has 94 valence electrons. The lowest BCUT2D eigenvalue weighted by molar-refractivity contribution is 0.100. The van der Waals surface area contributed by atoms with Crippen LogP contribution < -0.4 is 5.73 Å². The maximum atomic E-state index is 11.3. The molecule has 0 aliphatic rings. The van der Waals surface area contributed by atoms with E-state index in [-0.39, 0.29) is 0 Å². The smallest absolute Gasteiger partial charge is 0.248 e. The van der Waals surface area contributed by atoms with Gasteiger partial charge in [0.2, 0.25) is 5.91 Å². The second-order valence-corrected chi connectivity index (χ2v) is 4.34. The van der Waals surface area contributed by atoms with Gasteiger partial charge in [0.05, 0.1) is 11.9 Å². The first kappa shape index (κ1) is 11.4. The molecule has 5 nitrogen and oxygen atoms in total. The van der Waals surface area contributed by atoms with Crippen molar-refractivity contribution in [3.63, 3.8) is 0 Å². The fourth-order valence-electron chi connectivity index (χ4n) is 2.03. The second kappa shape index (κ2) is 4.20. The number of aromatic nitrogens is 3. The quantitative estimate of drug-likeness (QED) is 0.756. The second-order valence-electron chi connectivity index (χ2n) is 4.34. The number of hydrogen-bond donors (Lipinski definition) is 1. The average molecular weight is 252 g/mol. The molecule has 0 radical (unpaired) electrons. The molecule has 3 aromatic rings. The number of primary amides is 1. The van der Waals surface area contributed by atoms with Crippen LogP contribution in [0.4, 0.5) is 0 Å². The van der Waals surface area contributed by atoms with Gasteiger partial charge in [-0.2, -0.15) is 5.10 Å². The van der Waals surface area contributed by atoms with E-state index in [1.807, 2.05) is 25.1 Å². The third-order valence-electron chi connectivity index (χ3n) is 3.05. The van der Waals surface area contributed by atoms with Gasteiger partial charge in [-0.3, -0.25) is 4.79 Å². The predicted octanol–water partition coefficient (Wildman–Crippen LogP) is 1.83. The molecular formula is C14H12N4O. The van der Waals surface area contributed by atoms with Gasteiger partial charge in [-0.1, -0.05) is 6.07 Å². The molecule has 0 aliphatic carbocycles. The van der Waals surface area contributed by atoms with Gasteiger partial charge in [0.15, 0.2) is 5.65 Å². The van der Waals surface area contributed by atoms with Crippen molar-refractivity contribution < 1.29 is 4.79 Å². The minimum Gasteiger partial charge on any atom is -0.366 e. The molecule has 2 N–H and O–H groups in total. The van der Waals surface area contributed by atoms with Gasteiger partial charge < -0.3 is 5.73 Å². The zero-order valence-corrected chi connectivity index (χ0v) is 10.4. The largest absolute Gasteiger partial charge is 0.366 e. The Morgan fingerprint density at radius 1 is 1.32 bits per heavy atom. The molecule has 0 fully saturated rings. The minimum atomic E-state index is -0.453. The van der Waals surface area contributed by atoms with E-state index in [4.69, 9.17) is 5.73 Å². The number of aryl methyl sites for hydroxylation is 1. The summed E-state index contributed by atoms with van der Waals surface area (Å²) in [6.45, 7) is 1.95. The lowest BCUT2D eigenvalue weighted by Gasteiger charge is -2.08. The highest BCUT2D eigenvalue weighted by molar-refractivity contribution is 5.93.